The molecule has 3 rings (SSSR count). The van der Waals surface area contributed by atoms with Gasteiger partial charge in [-0.1, -0.05) is 6.07 Å². The number of fused-ring (bicyclic) bond motifs is 1. The number of anilines is 1. The van der Waals surface area contributed by atoms with Gasteiger partial charge in [0.15, 0.2) is 0 Å². The highest BCUT2D eigenvalue weighted by Gasteiger charge is 2.35. The zero-order chi connectivity index (χ0) is 15.2. The van der Waals surface area contributed by atoms with Crippen LogP contribution in [-0.4, -0.2) is 30.3 Å². The molecule has 6 nitrogen and oxygen atoms in total. The summed E-state index contributed by atoms with van der Waals surface area (Å²) in [4.78, 5) is -0.0397. The van der Waals surface area contributed by atoms with Crippen LogP contribution in [-0.2, 0) is 23.1 Å². The number of rotatable bonds is 3. The van der Waals surface area contributed by atoms with Crippen molar-refractivity contribution in [1.82, 2.24) is 10.2 Å². The molecule has 1 aromatic carbocycles. The third-order valence-electron chi connectivity index (χ3n) is 3.56. The summed E-state index contributed by atoms with van der Waals surface area (Å²) >= 11 is 0. The molecule has 2 aromatic rings. The van der Waals surface area contributed by atoms with Crippen molar-refractivity contribution in [2.75, 3.05) is 10.8 Å². The Hall–Kier alpha value is -1.93. The molecular formula is C13H14FN3O3S. The number of benzene rings is 1. The highest BCUT2D eigenvalue weighted by Crippen LogP contribution is 2.34. The van der Waals surface area contributed by atoms with E-state index in [0.29, 0.717) is 17.8 Å². The molecule has 1 aliphatic heterocycles. The maximum atomic E-state index is 13.4. The second kappa shape index (κ2) is 4.81. The minimum Gasteiger partial charge on any atom is -0.390 e. The molecule has 2 N–H and O–H groups in total. The lowest BCUT2D eigenvalue weighted by Gasteiger charge is -2.19. The normalized spacial score (nSPS) is 14.5. The standard InChI is InChI=1S/C13H14FN3O3S/c1-8-13(11(7-18)16-15-8)21(19,20)17-5-4-9-2-3-10(14)6-12(9)17/h2-3,6,18H,4-5,7H2,1H3,(H,15,16). The molecule has 2 heterocycles. The number of aromatic amines is 1. The van der Waals surface area contributed by atoms with Crippen molar-refractivity contribution in [2.45, 2.75) is 24.8 Å². The minimum absolute atomic E-state index is 0.0397. The molecule has 1 aliphatic rings. The summed E-state index contributed by atoms with van der Waals surface area (Å²) in [6.07, 6.45) is 0.528. The van der Waals surface area contributed by atoms with Crippen molar-refractivity contribution in [2.24, 2.45) is 0 Å². The molecule has 0 atom stereocenters. The zero-order valence-corrected chi connectivity index (χ0v) is 12.1. The van der Waals surface area contributed by atoms with Gasteiger partial charge in [0.1, 0.15) is 16.4 Å². The largest absolute Gasteiger partial charge is 0.390 e. The van der Waals surface area contributed by atoms with Gasteiger partial charge in [-0.2, -0.15) is 5.10 Å². The fraction of sp³-hybridized carbons (Fsp3) is 0.308. The number of H-pyrrole nitrogens is 1. The highest BCUT2D eigenvalue weighted by atomic mass is 32.2. The Morgan fingerprint density at radius 3 is 2.95 bits per heavy atom. The molecule has 0 aliphatic carbocycles. The first-order chi connectivity index (χ1) is 9.95. The molecule has 0 saturated carbocycles. The topological polar surface area (TPSA) is 86.3 Å². The van der Waals surface area contributed by atoms with Gasteiger partial charge in [-0.05, 0) is 31.0 Å². The van der Waals surface area contributed by atoms with E-state index >= 15 is 0 Å². The first-order valence-electron chi connectivity index (χ1n) is 6.41. The number of hydrogen-bond acceptors (Lipinski definition) is 4. The molecule has 0 spiro atoms. The van der Waals surface area contributed by atoms with Crippen LogP contribution in [0.2, 0.25) is 0 Å². The molecule has 8 heteroatoms. The lowest BCUT2D eigenvalue weighted by molar-refractivity contribution is 0.273. The Kier molecular flexibility index (Phi) is 3.22. The van der Waals surface area contributed by atoms with E-state index in [1.54, 1.807) is 13.0 Å². The number of aliphatic hydroxyl groups excluding tert-OH is 1. The van der Waals surface area contributed by atoms with Crippen molar-refractivity contribution in [3.05, 3.63) is 41.0 Å². The summed E-state index contributed by atoms with van der Waals surface area (Å²) in [5, 5.41) is 15.6. The number of aryl methyl sites for hydroxylation is 1. The Morgan fingerprint density at radius 2 is 2.24 bits per heavy atom. The molecule has 0 fully saturated rings. The summed E-state index contributed by atoms with van der Waals surface area (Å²) < 4.78 is 40.2. The van der Waals surface area contributed by atoms with E-state index in [1.807, 2.05) is 0 Å². The number of halogens is 1. The maximum absolute atomic E-state index is 13.4. The number of nitrogens with one attached hydrogen (secondary N) is 1. The molecular weight excluding hydrogens is 297 g/mol. The predicted molar refractivity (Wildman–Crippen MR) is 73.9 cm³/mol. The molecule has 1 aromatic heterocycles. The Balaban J connectivity index is 2.13. The van der Waals surface area contributed by atoms with Gasteiger partial charge in [0, 0.05) is 6.54 Å². The number of nitrogens with zero attached hydrogens (tertiary/aromatic N) is 2. The second-order valence-corrected chi connectivity index (χ2v) is 6.68. The molecule has 0 amide bonds. The van der Waals surface area contributed by atoms with Crippen LogP contribution < -0.4 is 4.31 Å². The van der Waals surface area contributed by atoms with Gasteiger partial charge in [0.05, 0.1) is 18.0 Å². The van der Waals surface area contributed by atoms with Gasteiger partial charge in [-0.15, -0.1) is 0 Å². The Labute approximate surface area is 121 Å². The van der Waals surface area contributed by atoms with Crippen LogP contribution in [0.3, 0.4) is 0 Å². The number of aliphatic hydroxyl groups is 1. The van der Waals surface area contributed by atoms with E-state index in [9.17, 15) is 17.9 Å². The summed E-state index contributed by atoms with van der Waals surface area (Å²) in [7, 11) is -3.89. The van der Waals surface area contributed by atoms with Crippen LogP contribution in [0.1, 0.15) is 17.0 Å². The minimum atomic E-state index is -3.89. The number of hydrogen-bond donors (Lipinski definition) is 2. The Bertz CT molecular complexity index is 801. The maximum Gasteiger partial charge on any atom is 0.268 e. The van der Waals surface area contributed by atoms with Crippen molar-refractivity contribution in [3.8, 4) is 0 Å². The molecule has 0 bridgehead atoms. The third-order valence-corrected chi connectivity index (χ3v) is 5.58. The lowest BCUT2D eigenvalue weighted by Crippen LogP contribution is -2.30. The van der Waals surface area contributed by atoms with Gasteiger partial charge < -0.3 is 5.11 Å². The second-order valence-electron chi connectivity index (χ2n) is 4.88. The van der Waals surface area contributed by atoms with Crippen LogP contribution in [0, 0.1) is 12.7 Å². The number of aromatic nitrogens is 2. The first kappa shape index (κ1) is 14.0. The van der Waals surface area contributed by atoms with Crippen LogP contribution in [0.5, 0.6) is 0 Å². The molecule has 0 radical (unpaired) electrons. The van der Waals surface area contributed by atoms with E-state index in [0.717, 1.165) is 5.56 Å². The SMILES string of the molecule is Cc1[nH]nc(CO)c1S(=O)(=O)N1CCc2ccc(F)cc21. The first-order valence-corrected chi connectivity index (χ1v) is 7.85. The van der Waals surface area contributed by atoms with E-state index in [1.165, 1.54) is 16.4 Å². The van der Waals surface area contributed by atoms with Crippen molar-refractivity contribution < 1.29 is 17.9 Å². The third kappa shape index (κ3) is 2.11. The average molecular weight is 311 g/mol. The summed E-state index contributed by atoms with van der Waals surface area (Å²) in [5.41, 5.74) is 1.55. The monoisotopic (exact) mass is 311 g/mol. The van der Waals surface area contributed by atoms with Crippen LogP contribution in [0.25, 0.3) is 0 Å². The Morgan fingerprint density at radius 1 is 1.48 bits per heavy atom. The van der Waals surface area contributed by atoms with E-state index in [4.69, 9.17) is 0 Å². The zero-order valence-electron chi connectivity index (χ0n) is 11.3. The van der Waals surface area contributed by atoms with Gasteiger partial charge in [-0.3, -0.25) is 9.40 Å². The molecule has 112 valence electrons. The lowest BCUT2D eigenvalue weighted by atomic mass is 10.2. The van der Waals surface area contributed by atoms with Crippen LogP contribution in [0.4, 0.5) is 10.1 Å². The molecule has 21 heavy (non-hydrogen) atoms. The van der Waals surface area contributed by atoms with Crippen molar-refractivity contribution in [1.29, 1.82) is 0 Å². The fourth-order valence-corrected chi connectivity index (χ4v) is 4.42. The van der Waals surface area contributed by atoms with Gasteiger partial charge in [-0.25, -0.2) is 12.8 Å². The van der Waals surface area contributed by atoms with E-state index in [2.05, 4.69) is 10.2 Å². The fourth-order valence-electron chi connectivity index (χ4n) is 2.60. The van der Waals surface area contributed by atoms with Crippen molar-refractivity contribution in [3.63, 3.8) is 0 Å². The van der Waals surface area contributed by atoms with Gasteiger partial charge in [0.25, 0.3) is 10.0 Å². The highest BCUT2D eigenvalue weighted by molar-refractivity contribution is 7.93. The van der Waals surface area contributed by atoms with Gasteiger partial charge >= 0.3 is 0 Å². The number of sulfonamides is 1. The predicted octanol–water partition coefficient (Wildman–Crippen LogP) is 1.10. The van der Waals surface area contributed by atoms with Crippen molar-refractivity contribution >= 4 is 15.7 Å². The van der Waals surface area contributed by atoms with Crippen LogP contribution >= 0.6 is 0 Å². The summed E-state index contributed by atoms with van der Waals surface area (Å²) in [6, 6.07) is 4.13. The molecule has 0 saturated heterocycles. The summed E-state index contributed by atoms with van der Waals surface area (Å²) in [6.45, 7) is 1.33. The quantitative estimate of drug-likeness (QED) is 0.889. The van der Waals surface area contributed by atoms with Crippen LogP contribution in [0.15, 0.2) is 23.1 Å². The van der Waals surface area contributed by atoms with Gasteiger partial charge in [0.2, 0.25) is 0 Å². The average Bonchev–Trinajstić information content (AvgIpc) is 3.01. The summed E-state index contributed by atoms with van der Waals surface area (Å²) in [5.74, 6) is -0.484. The van der Waals surface area contributed by atoms with E-state index in [-0.39, 0.29) is 17.1 Å². The van der Waals surface area contributed by atoms with E-state index < -0.39 is 22.4 Å². The molecule has 0 unspecified atom stereocenters. The smallest absolute Gasteiger partial charge is 0.268 e.